The molecule has 0 aromatic heterocycles. The average molecular weight is 595 g/mol. The van der Waals surface area contributed by atoms with Crippen molar-refractivity contribution in [3.8, 4) is 0 Å². The van der Waals surface area contributed by atoms with Crippen LogP contribution < -0.4 is 4.31 Å². The van der Waals surface area contributed by atoms with Crippen molar-refractivity contribution >= 4 is 40.0 Å². The van der Waals surface area contributed by atoms with Gasteiger partial charge < -0.3 is 4.43 Å². The third kappa shape index (κ3) is 4.40. The molecular weight excluding hydrogens is 557 g/mol. The number of rotatable bonds is 5. The zero-order valence-electron chi connectivity index (χ0n) is 21.9. The fraction of sp³-hybridized carbons (Fsp3) is 0.571. The van der Waals surface area contributed by atoms with Crippen LogP contribution in [0.2, 0.25) is 18.1 Å². The standard InChI is InChI=1S/C28H37BrFNO3SSi/c1-27(2,3)36(4,5)34-22-14-16-28(17-15-22)24-18-20(29)8-13-25(24)31(26(28)19-6-7-19)35(32,33)23-11-9-21(30)10-12-23/h8-13,18-19,22,26H,6-7,14-17H2,1-5H3. The molecule has 196 valence electrons. The molecule has 1 aliphatic heterocycles. The van der Waals surface area contributed by atoms with Crippen LogP contribution in [0.15, 0.2) is 51.8 Å². The van der Waals surface area contributed by atoms with Crippen molar-refractivity contribution in [1.29, 1.82) is 0 Å². The van der Waals surface area contributed by atoms with Crippen LogP contribution in [-0.2, 0) is 19.9 Å². The highest BCUT2D eigenvalue weighted by atomic mass is 79.9. The van der Waals surface area contributed by atoms with Gasteiger partial charge in [0.05, 0.1) is 16.6 Å². The molecule has 1 atom stereocenters. The summed E-state index contributed by atoms with van der Waals surface area (Å²) < 4.78 is 51.3. The van der Waals surface area contributed by atoms with Gasteiger partial charge in [-0.1, -0.05) is 36.7 Å². The molecule has 0 radical (unpaired) electrons. The van der Waals surface area contributed by atoms with E-state index in [0.29, 0.717) is 5.92 Å². The topological polar surface area (TPSA) is 46.6 Å². The lowest BCUT2D eigenvalue weighted by Gasteiger charge is -2.46. The Balaban J connectivity index is 1.54. The maximum atomic E-state index is 14.1. The number of hydrogen-bond acceptors (Lipinski definition) is 3. The van der Waals surface area contributed by atoms with Crippen LogP contribution in [0.4, 0.5) is 10.1 Å². The van der Waals surface area contributed by atoms with Gasteiger partial charge in [0.1, 0.15) is 5.82 Å². The zero-order chi connectivity index (χ0) is 26.1. The maximum absolute atomic E-state index is 14.1. The summed E-state index contributed by atoms with van der Waals surface area (Å²) in [6, 6.07) is 11.1. The summed E-state index contributed by atoms with van der Waals surface area (Å²) in [4.78, 5) is 0.149. The molecule has 2 fully saturated rings. The van der Waals surface area contributed by atoms with Crippen molar-refractivity contribution in [2.24, 2.45) is 5.92 Å². The lowest BCUT2D eigenvalue weighted by Crippen LogP contribution is -2.52. The highest BCUT2D eigenvalue weighted by Gasteiger charge is 2.60. The minimum atomic E-state index is -3.85. The summed E-state index contributed by atoms with van der Waals surface area (Å²) in [5.74, 6) is -0.0979. The SMILES string of the molecule is CC(C)(C)[Si](C)(C)OC1CCC2(CC1)c1cc(Br)ccc1N(S(=O)(=O)c1ccc(F)cc1)C2C1CC1. The highest BCUT2D eigenvalue weighted by molar-refractivity contribution is 9.10. The van der Waals surface area contributed by atoms with Crippen molar-refractivity contribution in [1.82, 2.24) is 0 Å². The second-order valence-electron chi connectivity index (χ2n) is 12.4. The number of nitrogens with zero attached hydrogens (tertiary/aromatic N) is 1. The van der Waals surface area contributed by atoms with Gasteiger partial charge in [-0.3, -0.25) is 4.31 Å². The Kier molecular flexibility index (Phi) is 6.54. The predicted molar refractivity (Wildman–Crippen MR) is 149 cm³/mol. The first-order valence-corrected chi connectivity index (χ1v) is 18.2. The van der Waals surface area contributed by atoms with E-state index in [1.165, 1.54) is 24.3 Å². The monoisotopic (exact) mass is 593 g/mol. The fourth-order valence-electron chi connectivity index (χ4n) is 6.07. The minimum absolute atomic E-state index is 0.120. The summed E-state index contributed by atoms with van der Waals surface area (Å²) in [5.41, 5.74) is 1.68. The van der Waals surface area contributed by atoms with E-state index in [-0.39, 0.29) is 27.5 Å². The number of anilines is 1. The smallest absolute Gasteiger partial charge is 0.264 e. The lowest BCUT2D eigenvalue weighted by atomic mass is 9.65. The first kappa shape index (κ1) is 26.4. The van der Waals surface area contributed by atoms with Gasteiger partial charge in [-0.25, -0.2) is 12.8 Å². The van der Waals surface area contributed by atoms with E-state index in [0.717, 1.165) is 54.2 Å². The van der Waals surface area contributed by atoms with E-state index in [4.69, 9.17) is 4.43 Å². The van der Waals surface area contributed by atoms with Crippen LogP contribution in [-0.4, -0.2) is 28.9 Å². The molecule has 4 nitrogen and oxygen atoms in total. The van der Waals surface area contributed by atoms with Gasteiger partial charge >= 0.3 is 0 Å². The van der Waals surface area contributed by atoms with Gasteiger partial charge in [-0.05, 0) is 111 Å². The van der Waals surface area contributed by atoms with E-state index in [1.807, 2.05) is 12.1 Å². The third-order valence-corrected chi connectivity index (χ3v) is 15.9. The van der Waals surface area contributed by atoms with Crippen molar-refractivity contribution in [3.63, 3.8) is 0 Å². The first-order valence-electron chi connectivity index (χ1n) is 13.0. The molecule has 1 unspecified atom stereocenters. The van der Waals surface area contributed by atoms with E-state index in [9.17, 15) is 12.8 Å². The quantitative estimate of drug-likeness (QED) is 0.332. The Morgan fingerprint density at radius 1 is 1.03 bits per heavy atom. The summed E-state index contributed by atoms with van der Waals surface area (Å²) in [6.07, 6.45) is 5.99. The van der Waals surface area contributed by atoms with Crippen LogP contribution in [0.1, 0.15) is 64.9 Å². The number of benzene rings is 2. The molecule has 0 saturated heterocycles. The first-order chi connectivity index (χ1) is 16.8. The van der Waals surface area contributed by atoms with Crippen LogP contribution in [0, 0.1) is 11.7 Å². The molecule has 2 aliphatic carbocycles. The molecule has 0 bridgehead atoms. The molecule has 0 amide bonds. The molecule has 2 aromatic rings. The Hall–Kier alpha value is -1.22. The predicted octanol–water partition coefficient (Wildman–Crippen LogP) is 7.78. The number of halogens is 2. The largest absolute Gasteiger partial charge is 0.414 e. The van der Waals surface area contributed by atoms with Crippen LogP contribution in [0.3, 0.4) is 0 Å². The van der Waals surface area contributed by atoms with Crippen LogP contribution in [0.25, 0.3) is 0 Å². The Bertz CT molecular complexity index is 1250. The van der Waals surface area contributed by atoms with Crippen LogP contribution >= 0.6 is 15.9 Å². The Morgan fingerprint density at radius 2 is 1.64 bits per heavy atom. The lowest BCUT2D eigenvalue weighted by molar-refractivity contribution is 0.0943. The van der Waals surface area contributed by atoms with Gasteiger partial charge in [0.2, 0.25) is 0 Å². The summed E-state index contributed by atoms with van der Waals surface area (Å²) in [6.45, 7) is 11.4. The van der Waals surface area contributed by atoms with Crippen molar-refractivity contribution in [2.75, 3.05) is 4.31 Å². The van der Waals surface area contributed by atoms with E-state index >= 15 is 0 Å². The second kappa shape index (κ2) is 8.92. The van der Waals surface area contributed by atoms with Gasteiger partial charge in [-0.15, -0.1) is 0 Å². The van der Waals surface area contributed by atoms with Crippen molar-refractivity contribution in [2.45, 2.75) is 99.9 Å². The molecule has 1 spiro atoms. The van der Waals surface area contributed by atoms with Crippen LogP contribution in [0.5, 0.6) is 0 Å². The third-order valence-electron chi connectivity index (χ3n) is 9.08. The average Bonchev–Trinajstić information content (AvgIpc) is 3.59. The second-order valence-corrected chi connectivity index (χ2v) is 19.9. The summed E-state index contributed by atoms with van der Waals surface area (Å²) in [5, 5.41) is 0.156. The normalized spacial score (nSPS) is 26.9. The molecule has 36 heavy (non-hydrogen) atoms. The number of fused-ring (bicyclic) bond motifs is 2. The van der Waals surface area contributed by atoms with Gasteiger partial charge in [0.25, 0.3) is 10.0 Å². The number of sulfonamides is 1. The Morgan fingerprint density at radius 3 is 2.19 bits per heavy atom. The molecule has 5 rings (SSSR count). The Labute approximate surface area is 224 Å². The zero-order valence-corrected chi connectivity index (χ0v) is 25.3. The number of hydrogen-bond donors (Lipinski definition) is 0. The maximum Gasteiger partial charge on any atom is 0.264 e. The molecule has 3 aliphatic rings. The minimum Gasteiger partial charge on any atom is -0.414 e. The molecule has 0 N–H and O–H groups in total. The van der Waals surface area contributed by atoms with Crippen molar-refractivity contribution < 1.29 is 17.2 Å². The van der Waals surface area contributed by atoms with E-state index < -0.39 is 24.2 Å². The molecular formula is C28H37BrFNO3SSi. The van der Waals surface area contributed by atoms with Crippen molar-refractivity contribution in [3.05, 3.63) is 58.3 Å². The van der Waals surface area contributed by atoms with Gasteiger partial charge in [0.15, 0.2) is 8.32 Å². The van der Waals surface area contributed by atoms with E-state index in [2.05, 4.69) is 55.9 Å². The highest BCUT2D eigenvalue weighted by Crippen LogP contribution is 2.60. The fourth-order valence-corrected chi connectivity index (χ4v) is 9.65. The molecule has 2 aromatic carbocycles. The molecule has 2 saturated carbocycles. The molecule has 1 heterocycles. The molecule has 8 heteroatoms. The van der Waals surface area contributed by atoms with Gasteiger partial charge in [-0.2, -0.15) is 0 Å². The summed E-state index contributed by atoms with van der Waals surface area (Å²) in [7, 11) is -5.73. The summed E-state index contributed by atoms with van der Waals surface area (Å²) >= 11 is 3.66. The van der Waals surface area contributed by atoms with E-state index in [1.54, 1.807) is 4.31 Å². The van der Waals surface area contributed by atoms with Gasteiger partial charge in [0, 0.05) is 16.0 Å².